The van der Waals surface area contributed by atoms with Gasteiger partial charge in [-0.15, -0.1) is 0 Å². The van der Waals surface area contributed by atoms with Gasteiger partial charge >= 0.3 is 5.56 Å². The molecular weight excluding hydrogens is 383 g/mol. The molecule has 0 fully saturated rings. The van der Waals surface area contributed by atoms with Crippen molar-refractivity contribution in [1.82, 2.24) is 9.78 Å². The van der Waals surface area contributed by atoms with E-state index in [-0.39, 0.29) is 11.5 Å². The quantitative estimate of drug-likeness (QED) is 0.615. The zero-order valence-corrected chi connectivity index (χ0v) is 16.1. The van der Waals surface area contributed by atoms with Gasteiger partial charge in [-0.2, -0.15) is 9.78 Å². The van der Waals surface area contributed by atoms with Gasteiger partial charge in [0, 0.05) is 5.56 Å². The fourth-order valence-electron chi connectivity index (χ4n) is 2.72. The molecule has 0 radical (unpaired) electrons. The molecule has 3 aromatic rings. The van der Waals surface area contributed by atoms with Gasteiger partial charge in [0.25, 0.3) is 0 Å². The molecule has 6 nitrogen and oxygen atoms in total. The lowest BCUT2D eigenvalue weighted by Crippen LogP contribution is -2.24. The van der Waals surface area contributed by atoms with Gasteiger partial charge in [-0.3, -0.25) is 4.79 Å². The lowest BCUT2D eigenvalue weighted by atomic mass is 10.1. The number of aromatic nitrogens is 2. The molecule has 0 N–H and O–H groups in total. The van der Waals surface area contributed by atoms with Crippen LogP contribution in [0.5, 0.6) is 5.75 Å². The molecule has 0 saturated carbocycles. The first-order valence-corrected chi connectivity index (χ1v) is 10.1. The molecule has 0 aliphatic heterocycles. The average molecular weight is 402 g/mol. The number of halogens is 1. The van der Waals surface area contributed by atoms with Crippen molar-refractivity contribution in [1.29, 1.82) is 0 Å². The summed E-state index contributed by atoms with van der Waals surface area (Å²) in [4.78, 5) is 13.0. The average Bonchev–Trinajstić information content (AvgIpc) is 2.67. The molecule has 0 amide bonds. The molecule has 0 aliphatic carbocycles. The van der Waals surface area contributed by atoms with Crippen molar-refractivity contribution in [2.24, 2.45) is 0 Å². The molecule has 3 rings (SSSR count). The Morgan fingerprint density at radius 3 is 2.54 bits per heavy atom. The minimum Gasteiger partial charge on any atom is -0.487 e. The van der Waals surface area contributed by atoms with Crippen LogP contribution in [0.1, 0.15) is 18.9 Å². The Kier molecular flexibility index (Phi) is 6.20. The summed E-state index contributed by atoms with van der Waals surface area (Å²) in [6.07, 6.45) is 2.19. The predicted octanol–water partition coefficient (Wildman–Crippen LogP) is 2.94. The second-order valence-corrected chi connectivity index (χ2v) is 7.10. The summed E-state index contributed by atoms with van der Waals surface area (Å²) in [5.41, 5.74) is 1.61. The highest BCUT2D eigenvalue weighted by Crippen LogP contribution is 2.27. The first-order valence-electron chi connectivity index (χ1n) is 8.71. The SMILES string of the molecule is CCCOc1c(-c2ccc(C[SH](=O)=O)cc2)cnn(-c2cccc(F)c2)c1=O. The first-order chi connectivity index (χ1) is 13.5. The van der Waals surface area contributed by atoms with Crippen molar-refractivity contribution in [3.8, 4) is 22.6 Å². The van der Waals surface area contributed by atoms with Gasteiger partial charge in [0.05, 0.1) is 24.2 Å². The molecular formula is C20H19FN2O4S. The summed E-state index contributed by atoms with van der Waals surface area (Å²) in [6, 6.07) is 12.4. The monoisotopic (exact) mass is 402 g/mol. The normalized spacial score (nSPS) is 11.0. The lowest BCUT2D eigenvalue weighted by molar-refractivity contribution is 0.312. The van der Waals surface area contributed by atoms with Crippen LogP contribution in [0.15, 0.2) is 59.5 Å². The summed E-state index contributed by atoms with van der Waals surface area (Å²) in [7, 11) is -2.51. The summed E-state index contributed by atoms with van der Waals surface area (Å²) in [5, 5.41) is 4.17. The van der Waals surface area contributed by atoms with E-state index in [9.17, 15) is 17.6 Å². The molecule has 2 aromatic carbocycles. The van der Waals surface area contributed by atoms with Crippen LogP contribution in [0, 0.1) is 5.82 Å². The molecule has 1 aromatic heterocycles. The van der Waals surface area contributed by atoms with E-state index < -0.39 is 22.1 Å². The maximum absolute atomic E-state index is 13.5. The van der Waals surface area contributed by atoms with Crippen molar-refractivity contribution in [2.45, 2.75) is 19.1 Å². The van der Waals surface area contributed by atoms with E-state index >= 15 is 0 Å². The van der Waals surface area contributed by atoms with Crippen molar-refractivity contribution >= 4 is 10.7 Å². The third kappa shape index (κ3) is 4.45. The number of nitrogens with zero attached hydrogens (tertiary/aromatic N) is 2. The molecule has 1 heterocycles. The van der Waals surface area contributed by atoms with E-state index in [1.807, 2.05) is 6.92 Å². The van der Waals surface area contributed by atoms with E-state index in [0.29, 0.717) is 35.4 Å². The van der Waals surface area contributed by atoms with Crippen LogP contribution < -0.4 is 10.3 Å². The molecule has 0 atom stereocenters. The minimum absolute atomic E-state index is 0.0474. The number of ether oxygens (including phenoxy) is 1. The highest BCUT2D eigenvalue weighted by Gasteiger charge is 2.16. The first kappa shape index (κ1) is 19.8. The zero-order valence-electron chi connectivity index (χ0n) is 15.2. The van der Waals surface area contributed by atoms with E-state index in [0.717, 1.165) is 4.68 Å². The molecule has 0 aliphatic rings. The van der Waals surface area contributed by atoms with Gasteiger partial charge in [-0.05, 0) is 35.7 Å². The van der Waals surface area contributed by atoms with E-state index in [2.05, 4.69) is 5.10 Å². The van der Waals surface area contributed by atoms with Crippen LogP contribution in [-0.4, -0.2) is 24.8 Å². The Labute approximate surface area is 163 Å². The molecule has 28 heavy (non-hydrogen) atoms. The third-order valence-corrected chi connectivity index (χ3v) is 4.64. The summed E-state index contributed by atoms with van der Waals surface area (Å²) in [5.74, 6) is -0.406. The predicted molar refractivity (Wildman–Crippen MR) is 105 cm³/mol. The minimum atomic E-state index is -2.51. The van der Waals surface area contributed by atoms with Gasteiger partial charge in [0.1, 0.15) is 16.5 Å². The Hall–Kier alpha value is -3.00. The van der Waals surface area contributed by atoms with Crippen LogP contribution in [0.2, 0.25) is 0 Å². The van der Waals surface area contributed by atoms with Crippen molar-refractivity contribution < 1.29 is 17.5 Å². The topological polar surface area (TPSA) is 78.3 Å². The molecule has 0 unspecified atom stereocenters. The Bertz CT molecular complexity index is 1100. The fourth-order valence-corrected chi connectivity index (χ4v) is 3.23. The van der Waals surface area contributed by atoms with E-state index in [1.54, 1.807) is 30.3 Å². The van der Waals surface area contributed by atoms with Gasteiger partial charge in [0.2, 0.25) is 0 Å². The summed E-state index contributed by atoms with van der Waals surface area (Å²) in [6.45, 7) is 2.26. The van der Waals surface area contributed by atoms with E-state index in [4.69, 9.17) is 4.74 Å². The Morgan fingerprint density at radius 2 is 1.89 bits per heavy atom. The second kappa shape index (κ2) is 8.79. The van der Waals surface area contributed by atoms with Crippen LogP contribution in [0.4, 0.5) is 4.39 Å². The number of hydrogen-bond donors (Lipinski definition) is 1. The highest BCUT2D eigenvalue weighted by atomic mass is 32.2. The molecule has 0 saturated heterocycles. The maximum atomic E-state index is 13.5. The summed E-state index contributed by atoms with van der Waals surface area (Å²) >= 11 is 0. The highest BCUT2D eigenvalue weighted by molar-refractivity contribution is 7.71. The van der Waals surface area contributed by atoms with Gasteiger partial charge in [0.15, 0.2) is 5.75 Å². The van der Waals surface area contributed by atoms with Crippen LogP contribution in [-0.2, 0) is 16.5 Å². The van der Waals surface area contributed by atoms with Gasteiger partial charge in [-0.25, -0.2) is 12.8 Å². The molecule has 0 bridgehead atoms. The van der Waals surface area contributed by atoms with Crippen molar-refractivity contribution in [3.05, 3.63) is 76.5 Å². The van der Waals surface area contributed by atoms with Crippen LogP contribution in [0.3, 0.4) is 0 Å². The number of rotatable bonds is 7. The zero-order chi connectivity index (χ0) is 20.1. The molecule has 8 heteroatoms. The molecule has 0 spiro atoms. The summed E-state index contributed by atoms with van der Waals surface area (Å²) < 4.78 is 42.1. The van der Waals surface area contributed by atoms with Gasteiger partial charge < -0.3 is 4.74 Å². The van der Waals surface area contributed by atoms with Crippen LogP contribution >= 0.6 is 0 Å². The fraction of sp³-hybridized carbons (Fsp3) is 0.200. The Balaban J connectivity index is 2.08. The number of benzene rings is 2. The van der Waals surface area contributed by atoms with E-state index in [1.165, 1.54) is 24.4 Å². The van der Waals surface area contributed by atoms with Crippen molar-refractivity contribution in [2.75, 3.05) is 6.61 Å². The Morgan fingerprint density at radius 1 is 1.14 bits per heavy atom. The second-order valence-electron chi connectivity index (χ2n) is 6.12. The third-order valence-electron chi connectivity index (χ3n) is 4.01. The maximum Gasteiger partial charge on any atom is 0.314 e. The van der Waals surface area contributed by atoms with Gasteiger partial charge in [-0.1, -0.05) is 37.3 Å². The molecule has 146 valence electrons. The van der Waals surface area contributed by atoms with Crippen LogP contribution in [0.25, 0.3) is 16.8 Å². The van der Waals surface area contributed by atoms with Crippen molar-refractivity contribution in [3.63, 3.8) is 0 Å². The smallest absolute Gasteiger partial charge is 0.314 e. The number of hydrogen-bond acceptors (Lipinski definition) is 5. The number of thiol groups is 1. The standard InChI is InChI=1S/C20H19FN2O4S/c1-2-10-27-19-18(15-8-6-14(7-9-15)13-28(25)26)12-22-23(20(19)24)17-5-3-4-16(21)11-17/h3-9,11-12,28H,2,10,13H2,1H3. The largest absolute Gasteiger partial charge is 0.487 e. The lowest BCUT2D eigenvalue weighted by Gasteiger charge is -2.13.